The van der Waals surface area contributed by atoms with Gasteiger partial charge in [-0.05, 0) is 23.4 Å². The molecule has 0 saturated carbocycles. The standard InChI is InChI=1S/C20H17N3OS3/c24-27-10-8-14(12-27)21-19-17-15(13-5-2-1-3-6-13)11-26-20(17)23-18(22-19)16-7-4-9-25-16/h1-7,9,11,14H,8,10,12H2,(H,21,22,23). The van der Waals surface area contributed by atoms with E-state index in [2.05, 4.69) is 22.8 Å². The van der Waals surface area contributed by atoms with Gasteiger partial charge in [-0.2, -0.15) is 0 Å². The lowest BCUT2D eigenvalue weighted by Crippen LogP contribution is -2.20. The molecule has 1 aromatic carbocycles. The first-order valence-corrected chi connectivity index (χ1v) is 12.0. The van der Waals surface area contributed by atoms with Gasteiger partial charge in [-0.3, -0.25) is 4.21 Å². The first kappa shape index (κ1) is 17.0. The van der Waals surface area contributed by atoms with Crippen LogP contribution in [0.4, 0.5) is 5.82 Å². The maximum absolute atomic E-state index is 11.8. The molecule has 0 spiro atoms. The number of rotatable bonds is 4. The number of thiophene rings is 2. The molecule has 0 bridgehead atoms. The van der Waals surface area contributed by atoms with Crippen LogP contribution in [0.5, 0.6) is 0 Å². The lowest BCUT2D eigenvalue weighted by Gasteiger charge is -2.14. The Bertz CT molecular complexity index is 1110. The van der Waals surface area contributed by atoms with Crippen molar-refractivity contribution in [3.63, 3.8) is 0 Å². The molecule has 2 unspecified atom stereocenters. The van der Waals surface area contributed by atoms with Crippen molar-refractivity contribution >= 4 is 49.5 Å². The third-order valence-corrected chi connectivity index (χ3v) is 7.89. The minimum absolute atomic E-state index is 0.198. The Morgan fingerprint density at radius 3 is 2.70 bits per heavy atom. The Hall–Kier alpha value is -2.09. The molecular weight excluding hydrogens is 394 g/mol. The second-order valence-electron chi connectivity index (χ2n) is 6.51. The number of nitrogens with one attached hydrogen (secondary N) is 1. The zero-order chi connectivity index (χ0) is 18.2. The van der Waals surface area contributed by atoms with Gasteiger partial charge in [0.2, 0.25) is 0 Å². The summed E-state index contributed by atoms with van der Waals surface area (Å²) in [5.74, 6) is 3.05. The largest absolute Gasteiger partial charge is 0.366 e. The molecule has 1 aliphatic rings. The summed E-state index contributed by atoms with van der Waals surface area (Å²) in [5.41, 5.74) is 2.31. The lowest BCUT2D eigenvalue weighted by atomic mass is 10.1. The van der Waals surface area contributed by atoms with Gasteiger partial charge in [-0.25, -0.2) is 9.97 Å². The Balaban J connectivity index is 1.67. The van der Waals surface area contributed by atoms with Crippen molar-refractivity contribution in [2.45, 2.75) is 12.5 Å². The molecule has 1 N–H and O–H groups in total. The highest BCUT2D eigenvalue weighted by atomic mass is 32.2. The molecule has 2 atom stereocenters. The number of hydrogen-bond donors (Lipinski definition) is 1. The predicted octanol–water partition coefficient (Wildman–Crippen LogP) is 5.02. The maximum Gasteiger partial charge on any atom is 0.173 e. The van der Waals surface area contributed by atoms with E-state index >= 15 is 0 Å². The summed E-state index contributed by atoms with van der Waals surface area (Å²) in [7, 11) is -0.728. The second-order valence-corrected chi connectivity index (χ2v) is 9.94. The van der Waals surface area contributed by atoms with E-state index < -0.39 is 10.8 Å². The zero-order valence-corrected chi connectivity index (χ0v) is 16.9. The fourth-order valence-electron chi connectivity index (χ4n) is 3.36. The molecule has 3 aromatic heterocycles. The van der Waals surface area contributed by atoms with Gasteiger partial charge < -0.3 is 5.32 Å². The molecule has 7 heteroatoms. The molecule has 5 rings (SSSR count). The third kappa shape index (κ3) is 3.31. The normalized spacial score (nSPS) is 19.6. The molecule has 0 radical (unpaired) electrons. The number of hydrogen-bond acceptors (Lipinski definition) is 6. The molecule has 0 amide bonds. The molecular formula is C20H17N3OS3. The van der Waals surface area contributed by atoms with E-state index in [9.17, 15) is 4.21 Å². The average molecular weight is 412 g/mol. The van der Waals surface area contributed by atoms with E-state index in [0.29, 0.717) is 5.75 Å². The Morgan fingerprint density at radius 1 is 1.07 bits per heavy atom. The van der Waals surface area contributed by atoms with Gasteiger partial charge in [-0.15, -0.1) is 22.7 Å². The van der Waals surface area contributed by atoms with Crippen molar-refractivity contribution in [2.24, 2.45) is 0 Å². The van der Waals surface area contributed by atoms with Crippen LogP contribution in [0.2, 0.25) is 0 Å². The van der Waals surface area contributed by atoms with Gasteiger partial charge in [0.15, 0.2) is 5.82 Å². The Kier molecular flexibility index (Phi) is 4.51. The van der Waals surface area contributed by atoms with Crippen LogP contribution >= 0.6 is 22.7 Å². The van der Waals surface area contributed by atoms with Gasteiger partial charge >= 0.3 is 0 Å². The topological polar surface area (TPSA) is 54.9 Å². The van der Waals surface area contributed by atoms with E-state index in [1.165, 1.54) is 0 Å². The van der Waals surface area contributed by atoms with Crippen molar-refractivity contribution < 1.29 is 4.21 Å². The number of nitrogens with zero attached hydrogens (tertiary/aromatic N) is 2. The van der Waals surface area contributed by atoms with Crippen LogP contribution in [0, 0.1) is 0 Å². The van der Waals surface area contributed by atoms with Crippen molar-refractivity contribution in [3.05, 3.63) is 53.2 Å². The molecule has 0 aliphatic carbocycles. The molecule has 27 heavy (non-hydrogen) atoms. The third-order valence-electron chi connectivity index (χ3n) is 4.68. The van der Waals surface area contributed by atoms with Crippen molar-refractivity contribution in [1.29, 1.82) is 0 Å². The van der Waals surface area contributed by atoms with E-state index in [4.69, 9.17) is 9.97 Å². The zero-order valence-electron chi connectivity index (χ0n) is 14.4. The first-order valence-electron chi connectivity index (χ1n) is 8.78. The van der Waals surface area contributed by atoms with Crippen LogP contribution in [-0.4, -0.2) is 31.7 Å². The van der Waals surface area contributed by atoms with Crippen molar-refractivity contribution in [1.82, 2.24) is 9.97 Å². The highest BCUT2D eigenvalue weighted by molar-refractivity contribution is 7.85. The molecule has 136 valence electrons. The van der Waals surface area contributed by atoms with Crippen LogP contribution in [0.1, 0.15) is 6.42 Å². The summed E-state index contributed by atoms with van der Waals surface area (Å²) in [6.45, 7) is 0. The minimum atomic E-state index is -0.728. The van der Waals surface area contributed by atoms with Gasteiger partial charge in [0, 0.05) is 39.3 Å². The smallest absolute Gasteiger partial charge is 0.173 e. The Labute approximate surface area is 167 Å². The Morgan fingerprint density at radius 2 is 1.96 bits per heavy atom. The van der Waals surface area contributed by atoms with Gasteiger partial charge in [-0.1, -0.05) is 36.4 Å². The van der Waals surface area contributed by atoms with E-state index in [0.717, 1.165) is 50.0 Å². The molecule has 1 aliphatic heterocycles. The number of fused-ring (bicyclic) bond motifs is 1. The molecule has 1 fully saturated rings. The quantitative estimate of drug-likeness (QED) is 0.512. The average Bonchev–Trinajstić information content (AvgIpc) is 3.43. The van der Waals surface area contributed by atoms with Crippen molar-refractivity contribution in [3.8, 4) is 21.8 Å². The fourth-order valence-corrected chi connectivity index (χ4v) is 6.38. The van der Waals surface area contributed by atoms with E-state index in [-0.39, 0.29) is 6.04 Å². The number of aromatic nitrogens is 2. The van der Waals surface area contributed by atoms with Gasteiger partial charge in [0.05, 0.1) is 10.3 Å². The van der Waals surface area contributed by atoms with E-state index in [1.807, 2.05) is 35.7 Å². The molecule has 1 saturated heterocycles. The van der Waals surface area contributed by atoms with Crippen LogP contribution in [0.15, 0.2) is 53.2 Å². The fraction of sp³-hybridized carbons (Fsp3) is 0.200. The second kappa shape index (κ2) is 7.14. The van der Waals surface area contributed by atoms with Crippen molar-refractivity contribution in [2.75, 3.05) is 16.8 Å². The molecule has 4 heterocycles. The lowest BCUT2D eigenvalue weighted by molar-refractivity contribution is 0.686. The summed E-state index contributed by atoms with van der Waals surface area (Å²) >= 11 is 3.29. The number of benzene rings is 1. The van der Waals surface area contributed by atoms with Crippen LogP contribution in [0.25, 0.3) is 32.0 Å². The molecule has 4 aromatic rings. The summed E-state index contributed by atoms with van der Waals surface area (Å²) in [4.78, 5) is 11.8. The van der Waals surface area contributed by atoms with Gasteiger partial charge in [0.25, 0.3) is 0 Å². The molecule has 4 nitrogen and oxygen atoms in total. The van der Waals surface area contributed by atoms with Gasteiger partial charge in [0.1, 0.15) is 10.6 Å². The highest BCUT2D eigenvalue weighted by Crippen LogP contribution is 2.39. The van der Waals surface area contributed by atoms with Crippen LogP contribution in [-0.2, 0) is 10.8 Å². The van der Waals surface area contributed by atoms with Crippen LogP contribution < -0.4 is 5.32 Å². The van der Waals surface area contributed by atoms with E-state index in [1.54, 1.807) is 22.7 Å². The van der Waals surface area contributed by atoms with Crippen LogP contribution in [0.3, 0.4) is 0 Å². The summed E-state index contributed by atoms with van der Waals surface area (Å²) < 4.78 is 11.8. The highest BCUT2D eigenvalue weighted by Gasteiger charge is 2.24. The summed E-state index contributed by atoms with van der Waals surface area (Å²) in [6.07, 6.45) is 0.914. The predicted molar refractivity (Wildman–Crippen MR) is 116 cm³/mol. The monoisotopic (exact) mass is 411 g/mol. The summed E-state index contributed by atoms with van der Waals surface area (Å²) in [6, 6.07) is 14.6. The first-order chi connectivity index (χ1) is 13.3. The SMILES string of the molecule is O=S1CCC(Nc2nc(-c3cccs3)nc3scc(-c4ccccc4)c23)C1. The maximum atomic E-state index is 11.8. The summed E-state index contributed by atoms with van der Waals surface area (Å²) in [5, 5.41) is 8.84. The minimum Gasteiger partial charge on any atom is -0.366 e. The number of anilines is 1.